The molecule has 96 valence electrons. The van der Waals surface area contributed by atoms with Crippen LogP contribution in [0.15, 0.2) is 18.2 Å². The Morgan fingerprint density at radius 1 is 1.28 bits per heavy atom. The minimum absolute atomic E-state index is 0.0660. The molecule has 0 unspecified atom stereocenters. The molecular weight excluding hydrogens is 242 g/mol. The van der Waals surface area contributed by atoms with Crippen LogP contribution < -0.4 is 0 Å². The number of hydrogen-bond donors (Lipinski definition) is 0. The maximum atomic E-state index is 13.0. The van der Waals surface area contributed by atoms with Gasteiger partial charge in [-0.15, -0.1) is 0 Å². The molecule has 0 spiro atoms. The van der Waals surface area contributed by atoms with Gasteiger partial charge in [0.05, 0.1) is 6.54 Å². The Bertz CT molecular complexity index is 505. The lowest BCUT2D eigenvalue weighted by molar-refractivity contribution is 0.0951. The number of ketones is 1. The number of amides is 2. The highest BCUT2D eigenvalue weighted by atomic mass is 19.2. The number of Topliss-reactive ketones (excluding diaryl/α,β-unsaturated/α-hetero) is 1. The van der Waals surface area contributed by atoms with Crippen LogP contribution >= 0.6 is 0 Å². The summed E-state index contributed by atoms with van der Waals surface area (Å²) in [6.45, 7) is 0.906. The van der Waals surface area contributed by atoms with Gasteiger partial charge in [-0.25, -0.2) is 13.6 Å². The highest BCUT2D eigenvalue weighted by Crippen LogP contribution is 2.12. The van der Waals surface area contributed by atoms with Crippen LogP contribution in [0.2, 0.25) is 0 Å². The summed E-state index contributed by atoms with van der Waals surface area (Å²) >= 11 is 0. The molecule has 2 rings (SSSR count). The van der Waals surface area contributed by atoms with E-state index in [0.717, 1.165) is 12.1 Å². The van der Waals surface area contributed by atoms with Gasteiger partial charge in [0.15, 0.2) is 17.4 Å². The lowest BCUT2D eigenvalue weighted by Gasteiger charge is -2.14. The largest absolute Gasteiger partial charge is 0.326 e. The molecule has 6 heteroatoms. The van der Waals surface area contributed by atoms with E-state index in [0.29, 0.717) is 13.1 Å². The minimum Gasteiger partial charge on any atom is -0.326 e. The average Bonchev–Trinajstić information content (AvgIpc) is 2.64. The summed E-state index contributed by atoms with van der Waals surface area (Å²) in [4.78, 5) is 26.3. The van der Waals surface area contributed by atoms with Gasteiger partial charge in [-0.3, -0.25) is 4.79 Å². The van der Waals surface area contributed by atoms with Crippen LogP contribution in [0.25, 0.3) is 0 Å². The molecule has 0 N–H and O–H groups in total. The fraction of sp³-hybridized carbons (Fsp3) is 0.333. The first kappa shape index (κ1) is 12.5. The van der Waals surface area contributed by atoms with E-state index in [-0.39, 0.29) is 18.1 Å². The van der Waals surface area contributed by atoms with Crippen molar-refractivity contribution in [2.75, 3.05) is 26.7 Å². The Morgan fingerprint density at radius 2 is 2.00 bits per heavy atom. The molecule has 0 radical (unpaired) electrons. The molecule has 1 aliphatic rings. The van der Waals surface area contributed by atoms with Gasteiger partial charge in [-0.1, -0.05) is 0 Å². The normalized spacial score (nSPS) is 15.4. The van der Waals surface area contributed by atoms with Crippen molar-refractivity contribution < 1.29 is 18.4 Å². The van der Waals surface area contributed by atoms with E-state index in [1.54, 1.807) is 7.05 Å². The SMILES string of the molecule is CN1CCN(CC(=O)c2ccc(F)c(F)c2)C1=O. The van der Waals surface area contributed by atoms with Crippen LogP contribution in [0.4, 0.5) is 13.6 Å². The summed E-state index contributed by atoms with van der Waals surface area (Å²) in [6, 6.07) is 2.74. The first-order valence-electron chi connectivity index (χ1n) is 5.47. The van der Waals surface area contributed by atoms with E-state index in [9.17, 15) is 18.4 Å². The zero-order valence-corrected chi connectivity index (χ0v) is 9.82. The summed E-state index contributed by atoms with van der Waals surface area (Å²) in [6.07, 6.45) is 0. The molecule has 0 bridgehead atoms. The number of rotatable bonds is 3. The third kappa shape index (κ3) is 2.32. The van der Waals surface area contributed by atoms with Crippen LogP contribution in [-0.2, 0) is 0 Å². The molecule has 4 nitrogen and oxygen atoms in total. The molecule has 0 aliphatic carbocycles. The molecule has 18 heavy (non-hydrogen) atoms. The van der Waals surface area contributed by atoms with E-state index in [4.69, 9.17) is 0 Å². The fourth-order valence-corrected chi connectivity index (χ4v) is 1.78. The van der Waals surface area contributed by atoms with Crippen LogP contribution in [0, 0.1) is 11.6 Å². The van der Waals surface area contributed by atoms with Crippen molar-refractivity contribution in [2.45, 2.75) is 0 Å². The van der Waals surface area contributed by atoms with Crippen molar-refractivity contribution >= 4 is 11.8 Å². The van der Waals surface area contributed by atoms with Crippen molar-refractivity contribution in [1.82, 2.24) is 9.80 Å². The molecule has 0 atom stereocenters. The fourth-order valence-electron chi connectivity index (χ4n) is 1.78. The van der Waals surface area contributed by atoms with Gasteiger partial charge in [0.2, 0.25) is 0 Å². The average molecular weight is 254 g/mol. The Hall–Kier alpha value is -1.98. The van der Waals surface area contributed by atoms with Crippen LogP contribution in [0.1, 0.15) is 10.4 Å². The summed E-state index contributed by atoms with van der Waals surface area (Å²) < 4.78 is 25.7. The van der Waals surface area contributed by atoms with Crippen LogP contribution in [0.5, 0.6) is 0 Å². The van der Waals surface area contributed by atoms with Crippen LogP contribution in [-0.4, -0.2) is 48.3 Å². The number of carbonyl (C=O) groups is 2. The van der Waals surface area contributed by atoms with Gasteiger partial charge < -0.3 is 9.80 Å². The standard InChI is InChI=1S/C12H12F2N2O2/c1-15-4-5-16(12(15)18)7-11(17)8-2-3-9(13)10(14)6-8/h2-3,6H,4-5,7H2,1H3. The molecule has 2 amide bonds. The minimum atomic E-state index is -1.06. The molecule has 1 aromatic rings. The molecule has 0 aromatic heterocycles. The third-order valence-electron chi connectivity index (χ3n) is 2.88. The van der Waals surface area contributed by atoms with Gasteiger partial charge in [-0.05, 0) is 18.2 Å². The first-order valence-corrected chi connectivity index (χ1v) is 5.47. The van der Waals surface area contributed by atoms with E-state index < -0.39 is 17.4 Å². The zero-order chi connectivity index (χ0) is 13.3. The summed E-state index contributed by atoms with van der Waals surface area (Å²) in [5.41, 5.74) is 0.0660. The number of nitrogens with zero attached hydrogens (tertiary/aromatic N) is 2. The number of urea groups is 1. The predicted octanol–water partition coefficient (Wildman–Crippen LogP) is 1.51. The second kappa shape index (κ2) is 4.72. The molecule has 0 saturated carbocycles. The smallest absolute Gasteiger partial charge is 0.320 e. The van der Waals surface area contributed by atoms with Gasteiger partial charge in [0.1, 0.15) is 0 Å². The molecule has 1 aliphatic heterocycles. The van der Waals surface area contributed by atoms with Crippen molar-refractivity contribution in [3.8, 4) is 0 Å². The second-order valence-electron chi connectivity index (χ2n) is 4.18. The second-order valence-corrected chi connectivity index (χ2v) is 4.18. The number of hydrogen-bond acceptors (Lipinski definition) is 2. The zero-order valence-electron chi connectivity index (χ0n) is 9.82. The van der Waals surface area contributed by atoms with E-state index in [1.165, 1.54) is 15.9 Å². The topological polar surface area (TPSA) is 40.6 Å². The molecule has 1 heterocycles. The third-order valence-corrected chi connectivity index (χ3v) is 2.88. The predicted molar refractivity (Wildman–Crippen MR) is 60.3 cm³/mol. The maximum absolute atomic E-state index is 13.0. The number of halogens is 2. The Morgan fingerprint density at radius 3 is 2.56 bits per heavy atom. The lowest BCUT2D eigenvalue weighted by atomic mass is 10.1. The van der Waals surface area contributed by atoms with Crippen molar-refractivity contribution in [2.24, 2.45) is 0 Å². The molecule has 1 fully saturated rings. The van der Waals surface area contributed by atoms with Gasteiger partial charge in [-0.2, -0.15) is 0 Å². The molecule has 1 saturated heterocycles. The molecular formula is C12H12F2N2O2. The van der Waals surface area contributed by atoms with Gasteiger partial charge >= 0.3 is 6.03 Å². The summed E-state index contributed by atoms with van der Waals surface area (Å²) in [7, 11) is 1.64. The van der Waals surface area contributed by atoms with Crippen molar-refractivity contribution in [3.05, 3.63) is 35.4 Å². The number of carbonyl (C=O) groups excluding carboxylic acids is 2. The first-order chi connectivity index (χ1) is 8.49. The van der Waals surface area contributed by atoms with Crippen molar-refractivity contribution in [1.29, 1.82) is 0 Å². The maximum Gasteiger partial charge on any atom is 0.320 e. The monoisotopic (exact) mass is 254 g/mol. The Kier molecular flexibility index (Phi) is 3.27. The highest BCUT2D eigenvalue weighted by Gasteiger charge is 2.27. The Balaban J connectivity index is 2.08. The van der Waals surface area contributed by atoms with E-state index >= 15 is 0 Å². The Labute approximate surface area is 103 Å². The quantitative estimate of drug-likeness (QED) is 0.767. The number of benzene rings is 1. The summed E-state index contributed by atoms with van der Waals surface area (Å²) in [5.74, 6) is -2.47. The van der Waals surface area contributed by atoms with E-state index in [2.05, 4.69) is 0 Å². The number of likely N-dealkylation sites (N-methyl/N-ethyl adjacent to an activating group) is 1. The van der Waals surface area contributed by atoms with Crippen LogP contribution in [0.3, 0.4) is 0 Å². The molecule has 1 aromatic carbocycles. The highest BCUT2D eigenvalue weighted by molar-refractivity contribution is 5.99. The van der Waals surface area contributed by atoms with E-state index in [1.807, 2.05) is 0 Å². The lowest BCUT2D eigenvalue weighted by Crippen LogP contribution is -2.33. The van der Waals surface area contributed by atoms with Gasteiger partial charge in [0.25, 0.3) is 0 Å². The summed E-state index contributed by atoms with van der Waals surface area (Å²) in [5, 5.41) is 0. The van der Waals surface area contributed by atoms with Crippen molar-refractivity contribution in [3.63, 3.8) is 0 Å². The van der Waals surface area contributed by atoms with Gasteiger partial charge in [0, 0.05) is 25.7 Å².